The highest BCUT2D eigenvalue weighted by atomic mass is 35.5. The zero-order valence-electron chi connectivity index (χ0n) is 22.3. The van der Waals surface area contributed by atoms with E-state index in [-0.39, 0.29) is 32.9 Å². The third-order valence-corrected chi connectivity index (χ3v) is 6.65. The predicted molar refractivity (Wildman–Crippen MR) is 169 cm³/mol. The van der Waals surface area contributed by atoms with Gasteiger partial charge in [0.05, 0.1) is 21.4 Å². The number of hydrogen-bond donors (Lipinski definition) is 4. The first-order valence-electron chi connectivity index (χ1n) is 12.9. The molecule has 43 heavy (non-hydrogen) atoms. The number of hydrazine groups is 1. The molecule has 9 nitrogen and oxygen atoms in total. The minimum absolute atomic E-state index is 0.0480. The van der Waals surface area contributed by atoms with Crippen LogP contribution >= 0.6 is 23.2 Å². The first kappa shape index (κ1) is 29.1. The lowest BCUT2D eigenvalue weighted by Crippen LogP contribution is -2.54. The van der Waals surface area contributed by atoms with Crippen molar-refractivity contribution >= 4 is 58.0 Å². The predicted octanol–water partition coefficient (Wildman–Crippen LogP) is 8.89. The molecule has 0 aliphatic carbocycles. The maximum Gasteiger partial charge on any atom is 0.345 e. The number of aromatic hydroxyl groups is 2. The van der Waals surface area contributed by atoms with Crippen LogP contribution in [0.1, 0.15) is 0 Å². The largest absolute Gasteiger partial charge is 0.506 e. The molecular formula is C32H24Cl2N4O5. The van der Waals surface area contributed by atoms with E-state index in [1.807, 2.05) is 30.3 Å². The van der Waals surface area contributed by atoms with Gasteiger partial charge in [0.15, 0.2) is 0 Å². The summed E-state index contributed by atoms with van der Waals surface area (Å²) in [5.41, 5.74) is 1.13. The SMILES string of the molecule is O=C(Nc1ccccc1)N(c1ccc(O)c(Cl)c1)N(C(=O)Nc1ccc(Oc2ccccc2)cc1)c1ccc(O)c(Cl)c1. The Hall–Kier alpha value is -5.38. The van der Waals surface area contributed by atoms with Crippen LogP contribution in [0, 0.1) is 0 Å². The minimum Gasteiger partial charge on any atom is -0.506 e. The van der Waals surface area contributed by atoms with Gasteiger partial charge in [0, 0.05) is 11.4 Å². The highest BCUT2D eigenvalue weighted by molar-refractivity contribution is 6.33. The summed E-state index contributed by atoms with van der Waals surface area (Å²) in [6, 6.07) is 31.1. The van der Waals surface area contributed by atoms with Crippen LogP contribution in [0.2, 0.25) is 10.0 Å². The Balaban J connectivity index is 1.52. The number of hydrogen-bond acceptors (Lipinski definition) is 5. The molecule has 0 aromatic heterocycles. The molecule has 0 saturated carbocycles. The molecular weight excluding hydrogens is 591 g/mol. The molecule has 0 spiro atoms. The van der Waals surface area contributed by atoms with Crippen molar-refractivity contribution in [2.45, 2.75) is 0 Å². The number of urea groups is 2. The van der Waals surface area contributed by atoms with E-state index in [1.54, 1.807) is 54.6 Å². The molecule has 5 aromatic rings. The van der Waals surface area contributed by atoms with E-state index in [2.05, 4.69) is 10.6 Å². The number of phenols is 2. The number of para-hydroxylation sites is 2. The van der Waals surface area contributed by atoms with E-state index in [9.17, 15) is 19.8 Å². The second-order valence-electron chi connectivity index (χ2n) is 9.06. The van der Waals surface area contributed by atoms with Crippen LogP contribution in [-0.2, 0) is 0 Å². The van der Waals surface area contributed by atoms with Crippen molar-refractivity contribution in [3.8, 4) is 23.0 Å². The highest BCUT2D eigenvalue weighted by Crippen LogP contribution is 2.34. The van der Waals surface area contributed by atoms with Gasteiger partial charge in [-0.1, -0.05) is 59.6 Å². The number of nitrogens with one attached hydrogen (secondary N) is 2. The Morgan fingerprint density at radius 3 is 1.44 bits per heavy atom. The Bertz CT molecular complexity index is 1740. The molecule has 0 saturated heterocycles. The molecule has 0 heterocycles. The molecule has 0 aliphatic rings. The van der Waals surface area contributed by atoms with E-state index in [4.69, 9.17) is 27.9 Å². The second-order valence-corrected chi connectivity index (χ2v) is 9.88. The fourth-order valence-corrected chi connectivity index (χ4v) is 4.36. The van der Waals surface area contributed by atoms with Crippen LogP contribution in [0.5, 0.6) is 23.0 Å². The Kier molecular flexibility index (Phi) is 8.85. The summed E-state index contributed by atoms with van der Waals surface area (Å²) in [6.45, 7) is 0. The van der Waals surface area contributed by atoms with Crippen LogP contribution in [0.4, 0.5) is 32.3 Å². The topological polar surface area (TPSA) is 114 Å². The van der Waals surface area contributed by atoms with E-state index in [0.29, 0.717) is 22.9 Å². The summed E-state index contributed by atoms with van der Waals surface area (Å²) < 4.78 is 5.83. The summed E-state index contributed by atoms with van der Waals surface area (Å²) in [7, 11) is 0. The smallest absolute Gasteiger partial charge is 0.345 e. The summed E-state index contributed by atoms with van der Waals surface area (Å²) >= 11 is 12.4. The third-order valence-electron chi connectivity index (χ3n) is 6.05. The molecule has 11 heteroatoms. The molecule has 0 aliphatic heterocycles. The Morgan fingerprint density at radius 2 is 0.977 bits per heavy atom. The van der Waals surface area contributed by atoms with Crippen molar-refractivity contribution in [1.82, 2.24) is 0 Å². The summed E-state index contributed by atoms with van der Waals surface area (Å²) in [5, 5.41) is 27.6. The normalized spacial score (nSPS) is 10.5. The van der Waals surface area contributed by atoms with Crippen LogP contribution in [-0.4, -0.2) is 22.3 Å². The zero-order valence-corrected chi connectivity index (χ0v) is 23.8. The van der Waals surface area contributed by atoms with Crippen molar-refractivity contribution in [3.63, 3.8) is 0 Å². The van der Waals surface area contributed by atoms with Crippen molar-refractivity contribution in [1.29, 1.82) is 0 Å². The van der Waals surface area contributed by atoms with Crippen molar-refractivity contribution in [3.05, 3.63) is 131 Å². The molecule has 4 amide bonds. The molecule has 4 N–H and O–H groups in total. The summed E-state index contributed by atoms with van der Waals surface area (Å²) in [4.78, 5) is 27.8. The number of nitrogens with zero attached hydrogens (tertiary/aromatic N) is 2. The van der Waals surface area contributed by atoms with E-state index in [1.165, 1.54) is 36.4 Å². The van der Waals surface area contributed by atoms with Crippen molar-refractivity contribution in [2.75, 3.05) is 20.7 Å². The molecule has 216 valence electrons. The maximum absolute atomic E-state index is 14.0. The number of phenolic OH excluding ortho intramolecular Hbond substituents is 2. The van der Waals surface area contributed by atoms with Crippen LogP contribution in [0.3, 0.4) is 0 Å². The van der Waals surface area contributed by atoms with Crippen molar-refractivity contribution in [2.24, 2.45) is 0 Å². The lowest BCUT2D eigenvalue weighted by atomic mass is 10.2. The van der Waals surface area contributed by atoms with Gasteiger partial charge in [-0.15, -0.1) is 0 Å². The monoisotopic (exact) mass is 614 g/mol. The van der Waals surface area contributed by atoms with Crippen LogP contribution in [0.15, 0.2) is 121 Å². The number of halogens is 2. The number of amides is 4. The van der Waals surface area contributed by atoms with Crippen LogP contribution < -0.4 is 25.4 Å². The molecule has 0 bridgehead atoms. The third kappa shape index (κ3) is 7.10. The lowest BCUT2D eigenvalue weighted by Gasteiger charge is -2.35. The number of anilines is 4. The number of carbonyl (C=O) groups is 2. The average molecular weight is 615 g/mol. The number of ether oxygens (including phenoxy) is 1. The second kappa shape index (κ2) is 13.1. The highest BCUT2D eigenvalue weighted by Gasteiger charge is 2.31. The Morgan fingerprint density at radius 1 is 0.558 bits per heavy atom. The minimum atomic E-state index is -0.758. The standard InChI is InChI=1S/C32H24Cl2N4O5/c33-27-19-23(13-17-29(27)39)37(31(41)35-21-7-3-1-4-8-21)38(24-14-18-30(40)28(34)20-24)32(42)36-22-11-15-26(16-12-22)43-25-9-5-2-6-10-25/h1-20,39-40H,(H,35,41)(H,36,42). The van der Waals surface area contributed by atoms with Gasteiger partial charge in [0.1, 0.15) is 23.0 Å². The quantitative estimate of drug-likeness (QED) is 0.143. The molecule has 0 fully saturated rings. The average Bonchev–Trinajstić information content (AvgIpc) is 3.01. The van der Waals surface area contributed by atoms with Gasteiger partial charge in [-0.25, -0.2) is 9.59 Å². The van der Waals surface area contributed by atoms with Gasteiger partial charge in [0.2, 0.25) is 0 Å². The van der Waals surface area contributed by atoms with E-state index >= 15 is 0 Å². The Labute approximate surface area is 257 Å². The summed E-state index contributed by atoms with van der Waals surface area (Å²) in [5.74, 6) is 0.777. The van der Waals surface area contributed by atoms with E-state index < -0.39 is 12.1 Å². The van der Waals surface area contributed by atoms with Gasteiger partial charge < -0.3 is 25.6 Å². The zero-order chi connectivity index (χ0) is 30.3. The van der Waals surface area contributed by atoms with E-state index in [0.717, 1.165) is 10.0 Å². The molecule has 0 radical (unpaired) electrons. The summed E-state index contributed by atoms with van der Waals surface area (Å²) in [6.07, 6.45) is 0. The number of rotatable bonds is 6. The van der Waals surface area contributed by atoms with Gasteiger partial charge in [-0.2, -0.15) is 10.0 Å². The molecule has 5 rings (SSSR count). The van der Waals surface area contributed by atoms with Crippen LogP contribution in [0.25, 0.3) is 0 Å². The number of carbonyl (C=O) groups excluding carboxylic acids is 2. The van der Waals surface area contributed by atoms with Gasteiger partial charge >= 0.3 is 12.1 Å². The molecule has 0 unspecified atom stereocenters. The van der Waals surface area contributed by atoms with Gasteiger partial charge in [-0.05, 0) is 84.9 Å². The first-order chi connectivity index (χ1) is 20.8. The molecule has 5 aromatic carbocycles. The van der Waals surface area contributed by atoms with Gasteiger partial charge in [0.25, 0.3) is 0 Å². The lowest BCUT2D eigenvalue weighted by molar-refractivity contribution is 0.248. The van der Waals surface area contributed by atoms with Gasteiger partial charge in [-0.3, -0.25) is 0 Å². The maximum atomic E-state index is 14.0. The fraction of sp³-hybridized carbons (Fsp3) is 0. The number of benzene rings is 5. The molecule has 0 atom stereocenters. The fourth-order valence-electron chi connectivity index (χ4n) is 4.01. The first-order valence-corrected chi connectivity index (χ1v) is 13.6. The van der Waals surface area contributed by atoms with Crippen molar-refractivity contribution < 1.29 is 24.5 Å².